The van der Waals surface area contributed by atoms with E-state index >= 15 is 0 Å². The number of amides is 2. The van der Waals surface area contributed by atoms with Gasteiger partial charge in [-0.1, -0.05) is 0 Å². The van der Waals surface area contributed by atoms with Gasteiger partial charge < -0.3 is 20.2 Å². The summed E-state index contributed by atoms with van der Waals surface area (Å²) in [6.45, 7) is 1.13. The number of hydrogen-bond acceptors (Lipinski definition) is 6. The lowest BCUT2D eigenvalue weighted by molar-refractivity contribution is -0.389. The predicted molar refractivity (Wildman–Crippen MR) is 88.4 cm³/mol. The lowest BCUT2D eigenvalue weighted by atomic mass is 10.2. The zero-order valence-corrected chi connectivity index (χ0v) is 13.5. The number of carbonyl (C=O) groups excluding carboxylic acids is 2. The SMILES string of the molecule is CC(C(=O)Nc1ccc(F)cc1)N1C(=O)COc2ccc([N+](=O)[O-])nc21. The lowest BCUT2D eigenvalue weighted by Gasteiger charge is -2.29. The van der Waals surface area contributed by atoms with E-state index in [1.807, 2.05) is 0 Å². The molecule has 2 aromatic rings. The monoisotopic (exact) mass is 360 g/mol. The lowest BCUT2D eigenvalue weighted by Crippen LogP contribution is -2.50. The predicted octanol–water partition coefficient (Wildman–Crippen LogP) is 1.88. The van der Waals surface area contributed by atoms with Crippen molar-refractivity contribution in [3.63, 3.8) is 0 Å². The molecule has 1 aromatic carbocycles. The first kappa shape index (κ1) is 17.3. The highest BCUT2D eigenvalue weighted by Gasteiger charge is 2.38. The highest BCUT2D eigenvalue weighted by Crippen LogP contribution is 2.33. The number of halogens is 1. The molecule has 0 spiro atoms. The van der Waals surface area contributed by atoms with Crippen molar-refractivity contribution >= 4 is 29.1 Å². The van der Waals surface area contributed by atoms with Gasteiger partial charge in [0.05, 0.1) is 0 Å². The number of nitrogens with zero attached hydrogens (tertiary/aromatic N) is 3. The molecular formula is C16H13FN4O5. The molecule has 0 bridgehead atoms. The van der Waals surface area contributed by atoms with E-state index in [0.29, 0.717) is 5.69 Å². The second-order valence-electron chi connectivity index (χ2n) is 5.47. The summed E-state index contributed by atoms with van der Waals surface area (Å²) >= 11 is 0. The third-order valence-corrected chi connectivity index (χ3v) is 3.74. The van der Waals surface area contributed by atoms with Crippen LogP contribution in [0.3, 0.4) is 0 Å². The fourth-order valence-electron chi connectivity index (χ4n) is 2.44. The molecule has 2 heterocycles. The molecule has 0 saturated carbocycles. The smallest absolute Gasteiger partial charge is 0.366 e. The van der Waals surface area contributed by atoms with Crippen LogP contribution in [0.15, 0.2) is 36.4 Å². The third kappa shape index (κ3) is 3.29. The van der Waals surface area contributed by atoms with Gasteiger partial charge in [0.2, 0.25) is 5.91 Å². The molecule has 1 aliphatic rings. The first-order valence-corrected chi connectivity index (χ1v) is 7.53. The van der Waals surface area contributed by atoms with Crippen LogP contribution in [-0.2, 0) is 9.59 Å². The van der Waals surface area contributed by atoms with Crippen LogP contribution in [0.25, 0.3) is 0 Å². The number of anilines is 2. The standard InChI is InChI=1S/C16H13FN4O5/c1-9(16(23)18-11-4-2-10(17)3-5-11)20-14(22)8-26-12-6-7-13(21(24)25)19-15(12)20/h2-7,9H,8H2,1H3,(H,18,23). The molecule has 9 nitrogen and oxygen atoms in total. The van der Waals surface area contributed by atoms with Crippen LogP contribution in [-0.4, -0.2) is 34.4 Å². The van der Waals surface area contributed by atoms with Gasteiger partial charge in [0.25, 0.3) is 11.7 Å². The molecule has 1 aliphatic heterocycles. The number of hydrogen-bond donors (Lipinski definition) is 1. The molecule has 134 valence electrons. The molecule has 3 rings (SSSR count). The number of carbonyl (C=O) groups is 2. The van der Waals surface area contributed by atoms with Crippen molar-refractivity contribution in [2.45, 2.75) is 13.0 Å². The molecule has 1 atom stereocenters. The maximum atomic E-state index is 13.0. The minimum Gasteiger partial charge on any atom is -0.477 e. The van der Waals surface area contributed by atoms with E-state index in [2.05, 4.69) is 10.3 Å². The largest absolute Gasteiger partial charge is 0.477 e. The molecule has 1 N–H and O–H groups in total. The van der Waals surface area contributed by atoms with Crippen LogP contribution in [0.2, 0.25) is 0 Å². The van der Waals surface area contributed by atoms with E-state index in [-0.39, 0.29) is 18.2 Å². The Hall–Kier alpha value is -3.56. The Morgan fingerprint density at radius 3 is 2.69 bits per heavy atom. The Kier molecular flexibility index (Phi) is 4.48. The van der Waals surface area contributed by atoms with Gasteiger partial charge in [0.15, 0.2) is 12.4 Å². The minimum absolute atomic E-state index is 0.0998. The zero-order chi connectivity index (χ0) is 18.8. The van der Waals surface area contributed by atoms with Crippen molar-refractivity contribution in [1.29, 1.82) is 0 Å². The molecule has 0 fully saturated rings. The quantitative estimate of drug-likeness (QED) is 0.658. The van der Waals surface area contributed by atoms with Crippen molar-refractivity contribution in [2.75, 3.05) is 16.8 Å². The number of fused-ring (bicyclic) bond motifs is 1. The van der Waals surface area contributed by atoms with Crippen molar-refractivity contribution in [3.05, 3.63) is 52.3 Å². The van der Waals surface area contributed by atoms with Crippen LogP contribution in [0.4, 0.5) is 21.7 Å². The fraction of sp³-hybridized carbons (Fsp3) is 0.188. The van der Waals surface area contributed by atoms with Crippen molar-refractivity contribution in [3.8, 4) is 5.75 Å². The molecule has 2 amide bonds. The number of benzene rings is 1. The van der Waals surface area contributed by atoms with Crippen LogP contribution in [0, 0.1) is 15.9 Å². The highest BCUT2D eigenvalue weighted by atomic mass is 19.1. The summed E-state index contributed by atoms with van der Waals surface area (Å²) in [7, 11) is 0. The average molecular weight is 360 g/mol. The number of nitrogens with one attached hydrogen (secondary N) is 1. The van der Waals surface area contributed by atoms with Gasteiger partial charge in [0, 0.05) is 11.8 Å². The van der Waals surface area contributed by atoms with Crippen LogP contribution < -0.4 is 15.0 Å². The topological polar surface area (TPSA) is 115 Å². The van der Waals surface area contributed by atoms with Crippen LogP contribution in [0.5, 0.6) is 5.75 Å². The Balaban J connectivity index is 1.88. The van der Waals surface area contributed by atoms with E-state index in [1.165, 1.54) is 37.3 Å². The first-order chi connectivity index (χ1) is 12.4. The summed E-state index contributed by atoms with van der Waals surface area (Å²) < 4.78 is 18.2. The fourth-order valence-corrected chi connectivity index (χ4v) is 2.44. The molecule has 0 aliphatic carbocycles. The summed E-state index contributed by atoms with van der Waals surface area (Å²) in [4.78, 5) is 39.8. The number of ether oxygens (including phenoxy) is 1. The van der Waals surface area contributed by atoms with E-state index in [9.17, 15) is 24.1 Å². The first-order valence-electron chi connectivity index (χ1n) is 7.53. The maximum Gasteiger partial charge on any atom is 0.366 e. The van der Waals surface area contributed by atoms with Gasteiger partial charge in [-0.2, -0.15) is 0 Å². The Morgan fingerprint density at radius 2 is 2.04 bits per heavy atom. The van der Waals surface area contributed by atoms with Gasteiger partial charge in [-0.15, -0.1) is 0 Å². The van der Waals surface area contributed by atoms with Crippen molar-refractivity contribution in [2.24, 2.45) is 0 Å². The summed E-state index contributed by atoms with van der Waals surface area (Å²) in [6.07, 6.45) is 0. The summed E-state index contributed by atoms with van der Waals surface area (Å²) in [5.41, 5.74) is 0.344. The Bertz CT molecular complexity index is 887. The molecular weight excluding hydrogens is 347 g/mol. The van der Waals surface area contributed by atoms with Gasteiger partial charge in [-0.05, 0) is 47.2 Å². The molecule has 1 unspecified atom stereocenters. The number of nitro groups is 1. The molecule has 26 heavy (non-hydrogen) atoms. The van der Waals surface area contributed by atoms with Crippen LogP contribution in [0.1, 0.15) is 6.92 Å². The van der Waals surface area contributed by atoms with Crippen LogP contribution >= 0.6 is 0 Å². The van der Waals surface area contributed by atoms with E-state index in [4.69, 9.17) is 4.74 Å². The van der Waals surface area contributed by atoms with E-state index in [0.717, 1.165) is 11.0 Å². The Morgan fingerprint density at radius 1 is 1.35 bits per heavy atom. The number of pyridine rings is 1. The maximum absolute atomic E-state index is 13.0. The molecule has 1 aromatic heterocycles. The van der Waals surface area contributed by atoms with E-state index < -0.39 is 34.4 Å². The summed E-state index contributed by atoms with van der Waals surface area (Å²) in [5.74, 6) is -1.99. The molecule has 0 saturated heterocycles. The van der Waals surface area contributed by atoms with E-state index in [1.54, 1.807) is 0 Å². The average Bonchev–Trinajstić information content (AvgIpc) is 2.62. The third-order valence-electron chi connectivity index (χ3n) is 3.74. The molecule has 10 heteroatoms. The summed E-state index contributed by atoms with van der Waals surface area (Å²) in [5, 5.41) is 13.5. The van der Waals surface area contributed by atoms with Crippen molar-refractivity contribution in [1.82, 2.24) is 4.98 Å². The molecule has 0 radical (unpaired) electrons. The minimum atomic E-state index is -1.02. The summed E-state index contributed by atoms with van der Waals surface area (Å²) in [6, 6.07) is 6.56. The van der Waals surface area contributed by atoms with Gasteiger partial charge in [-0.3, -0.25) is 14.5 Å². The number of rotatable bonds is 4. The van der Waals surface area contributed by atoms with Gasteiger partial charge in [0.1, 0.15) is 11.9 Å². The second kappa shape index (κ2) is 6.75. The highest BCUT2D eigenvalue weighted by molar-refractivity contribution is 6.06. The number of aromatic nitrogens is 1. The zero-order valence-electron chi connectivity index (χ0n) is 13.5. The van der Waals surface area contributed by atoms with Gasteiger partial charge >= 0.3 is 5.82 Å². The van der Waals surface area contributed by atoms with Crippen molar-refractivity contribution < 1.29 is 23.6 Å². The Labute approximate surface area is 146 Å². The normalized spacial score (nSPS) is 14.2. The second-order valence-corrected chi connectivity index (χ2v) is 5.47. The van der Waals surface area contributed by atoms with Gasteiger partial charge in [-0.25, -0.2) is 4.39 Å².